The molecule has 0 aromatic heterocycles. The van der Waals surface area contributed by atoms with Crippen LogP contribution in [-0.4, -0.2) is 5.91 Å². The third-order valence-corrected chi connectivity index (χ3v) is 4.69. The highest BCUT2D eigenvalue weighted by Gasteiger charge is 2.31. The van der Waals surface area contributed by atoms with E-state index in [-0.39, 0.29) is 11.9 Å². The fourth-order valence-corrected chi connectivity index (χ4v) is 3.52. The van der Waals surface area contributed by atoms with Crippen LogP contribution in [0.1, 0.15) is 30.9 Å². The first-order chi connectivity index (χ1) is 10.6. The molecule has 0 unspecified atom stereocenters. The lowest BCUT2D eigenvalue weighted by molar-refractivity contribution is -0.120. The van der Waals surface area contributed by atoms with Gasteiger partial charge in [-0.1, -0.05) is 40.9 Å². The number of benzene rings is 2. The highest BCUT2D eigenvalue weighted by atomic mass is 35.5. The maximum absolute atomic E-state index is 12.5. The Balaban J connectivity index is 2.03. The summed E-state index contributed by atoms with van der Waals surface area (Å²) in [6.45, 7) is 0. The second-order valence-electron chi connectivity index (χ2n) is 5.31. The third-order valence-electron chi connectivity index (χ3n) is 3.87. The summed E-state index contributed by atoms with van der Waals surface area (Å²) in [6, 6.07) is 12.7. The molecule has 0 aliphatic carbocycles. The molecule has 1 saturated heterocycles. The lowest BCUT2D eigenvalue weighted by Crippen LogP contribution is -2.38. The molecular weight excluding hydrogens is 341 g/mol. The van der Waals surface area contributed by atoms with E-state index in [1.165, 1.54) is 0 Å². The Labute approximate surface area is 144 Å². The van der Waals surface area contributed by atoms with Crippen LogP contribution in [0.5, 0.6) is 0 Å². The van der Waals surface area contributed by atoms with Gasteiger partial charge in [0, 0.05) is 27.2 Å². The number of rotatable bonds is 2. The van der Waals surface area contributed by atoms with E-state index in [1.54, 1.807) is 18.2 Å². The molecule has 0 spiro atoms. The molecule has 0 N–H and O–H groups in total. The maximum atomic E-state index is 12.5. The van der Waals surface area contributed by atoms with Gasteiger partial charge in [-0.25, -0.2) is 0 Å². The van der Waals surface area contributed by atoms with Gasteiger partial charge in [0.05, 0.1) is 6.04 Å². The van der Waals surface area contributed by atoms with Crippen LogP contribution in [0.4, 0.5) is 5.69 Å². The molecule has 1 atom stereocenters. The summed E-state index contributed by atoms with van der Waals surface area (Å²) in [6.07, 6.45) is 2.27. The van der Waals surface area contributed by atoms with Crippen molar-refractivity contribution in [1.82, 2.24) is 0 Å². The van der Waals surface area contributed by atoms with Crippen LogP contribution in [0.2, 0.25) is 15.1 Å². The zero-order valence-electron chi connectivity index (χ0n) is 11.7. The van der Waals surface area contributed by atoms with E-state index in [0.29, 0.717) is 21.5 Å². The minimum atomic E-state index is -0.0767. The Morgan fingerprint density at radius 1 is 0.955 bits per heavy atom. The number of piperidine rings is 1. The molecule has 0 radical (unpaired) electrons. The van der Waals surface area contributed by atoms with Crippen molar-refractivity contribution in [2.45, 2.75) is 25.3 Å². The van der Waals surface area contributed by atoms with Crippen molar-refractivity contribution in [3.05, 3.63) is 63.1 Å². The predicted octanol–water partition coefficient (Wildman–Crippen LogP) is 5.91. The molecule has 1 aliphatic rings. The minimum absolute atomic E-state index is 0.0767. The average Bonchev–Trinajstić information content (AvgIpc) is 2.48. The van der Waals surface area contributed by atoms with Crippen LogP contribution in [-0.2, 0) is 4.79 Å². The molecule has 1 fully saturated rings. The van der Waals surface area contributed by atoms with Gasteiger partial charge in [0.15, 0.2) is 0 Å². The number of amides is 1. The number of carbonyl (C=O) groups excluding carboxylic acids is 1. The molecule has 5 heteroatoms. The molecule has 0 saturated carbocycles. The lowest BCUT2D eigenvalue weighted by atomic mass is 9.94. The normalized spacial score (nSPS) is 18.6. The lowest BCUT2D eigenvalue weighted by Gasteiger charge is -2.36. The fourth-order valence-electron chi connectivity index (χ4n) is 2.86. The van der Waals surface area contributed by atoms with E-state index < -0.39 is 0 Å². The van der Waals surface area contributed by atoms with Crippen LogP contribution >= 0.6 is 34.8 Å². The number of carbonyl (C=O) groups is 1. The van der Waals surface area contributed by atoms with Gasteiger partial charge < -0.3 is 4.90 Å². The maximum Gasteiger partial charge on any atom is 0.227 e. The van der Waals surface area contributed by atoms with E-state index in [9.17, 15) is 4.79 Å². The van der Waals surface area contributed by atoms with Gasteiger partial charge in [-0.15, -0.1) is 0 Å². The number of anilines is 1. The van der Waals surface area contributed by atoms with Crippen molar-refractivity contribution in [3.63, 3.8) is 0 Å². The van der Waals surface area contributed by atoms with Crippen LogP contribution in [0.15, 0.2) is 42.5 Å². The molecule has 114 valence electrons. The fraction of sp³-hybridized carbons (Fsp3) is 0.235. The van der Waals surface area contributed by atoms with Gasteiger partial charge >= 0.3 is 0 Å². The summed E-state index contributed by atoms with van der Waals surface area (Å²) in [7, 11) is 0. The Kier molecular flexibility index (Phi) is 4.62. The standard InChI is InChI=1S/C17H14Cl3NO/c18-11-4-7-13(8-5-11)21-16(2-1-3-17(21)22)14-9-6-12(19)10-15(14)20/h4-10,16H,1-3H2/t16-/m0/s1. The van der Waals surface area contributed by atoms with Crippen LogP contribution in [0.25, 0.3) is 0 Å². The Morgan fingerprint density at radius 2 is 1.64 bits per heavy atom. The topological polar surface area (TPSA) is 20.3 Å². The molecular formula is C17H14Cl3NO. The van der Waals surface area contributed by atoms with Crippen LogP contribution in [0, 0.1) is 0 Å². The van der Waals surface area contributed by atoms with Crippen molar-refractivity contribution in [1.29, 1.82) is 0 Å². The smallest absolute Gasteiger partial charge is 0.227 e. The van der Waals surface area contributed by atoms with Crippen molar-refractivity contribution in [2.75, 3.05) is 4.90 Å². The zero-order chi connectivity index (χ0) is 15.7. The summed E-state index contributed by atoms with van der Waals surface area (Å²) in [5, 5.41) is 1.83. The number of hydrogen-bond donors (Lipinski definition) is 0. The predicted molar refractivity (Wildman–Crippen MR) is 92.0 cm³/mol. The largest absolute Gasteiger partial charge is 0.305 e. The monoisotopic (exact) mass is 353 g/mol. The Morgan fingerprint density at radius 3 is 2.32 bits per heavy atom. The second kappa shape index (κ2) is 6.49. The van der Waals surface area contributed by atoms with Gasteiger partial charge in [-0.3, -0.25) is 4.79 Å². The van der Waals surface area contributed by atoms with Gasteiger partial charge in [0.2, 0.25) is 5.91 Å². The minimum Gasteiger partial charge on any atom is -0.305 e. The van der Waals surface area contributed by atoms with Crippen LogP contribution < -0.4 is 4.90 Å². The number of nitrogens with zero attached hydrogens (tertiary/aromatic N) is 1. The molecule has 2 aromatic carbocycles. The summed E-state index contributed by atoms with van der Waals surface area (Å²) in [5.41, 5.74) is 1.76. The summed E-state index contributed by atoms with van der Waals surface area (Å²) in [4.78, 5) is 14.3. The van der Waals surface area contributed by atoms with Crippen molar-refractivity contribution in [3.8, 4) is 0 Å². The molecule has 0 bridgehead atoms. The molecule has 1 amide bonds. The van der Waals surface area contributed by atoms with Crippen LogP contribution in [0.3, 0.4) is 0 Å². The van der Waals surface area contributed by atoms with Crippen molar-refractivity contribution in [2.24, 2.45) is 0 Å². The van der Waals surface area contributed by atoms with E-state index in [0.717, 1.165) is 24.1 Å². The highest BCUT2D eigenvalue weighted by molar-refractivity contribution is 6.35. The highest BCUT2D eigenvalue weighted by Crippen LogP contribution is 2.39. The quantitative estimate of drug-likeness (QED) is 0.657. The summed E-state index contributed by atoms with van der Waals surface area (Å²) in [5.74, 6) is 0.101. The molecule has 3 rings (SSSR count). The second-order valence-corrected chi connectivity index (χ2v) is 6.59. The van der Waals surface area contributed by atoms with E-state index in [2.05, 4.69) is 0 Å². The summed E-state index contributed by atoms with van der Waals surface area (Å²) >= 11 is 18.3. The van der Waals surface area contributed by atoms with Crippen molar-refractivity contribution < 1.29 is 4.79 Å². The molecule has 2 nitrogen and oxygen atoms in total. The van der Waals surface area contributed by atoms with E-state index in [1.807, 2.05) is 29.2 Å². The van der Waals surface area contributed by atoms with Gasteiger partial charge in [-0.2, -0.15) is 0 Å². The van der Waals surface area contributed by atoms with Crippen molar-refractivity contribution >= 4 is 46.4 Å². The molecule has 1 aliphatic heterocycles. The first-order valence-electron chi connectivity index (χ1n) is 7.09. The number of halogens is 3. The number of hydrogen-bond acceptors (Lipinski definition) is 1. The van der Waals surface area contributed by atoms with Gasteiger partial charge in [0.25, 0.3) is 0 Å². The average molecular weight is 355 g/mol. The summed E-state index contributed by atoms with van der Waals surface area (Å²) < 4.78 is 0. The Hall–Kier alpha value is -1.22. The SMILES string of the molecule is O=C1CCC[C@@H](c2ccc(Cl)cc2Cl)N1c1ccc(Cl)cc1. The van der Waals surface area contributed by atoms with Gasteiger partial charge in [0.1, 0.15) is 0 Å². The molecule has 1 heterocycles. The first kappa shape index (κ1) is 15.7. The molecule has 22 heavy (non-hydrogen) atoms. The third kappa shape index (κ3) is 3.10. The van der Waals surface area contributed by atoms with Gasteiger partial charge in [-0.05, 0) is 54.8 Å². The first-order valence-corrected chi connectivity index (χ1v) is 8.22. The van der Waals surface area contributed by atoms with E-state index in [4.69, 9.17) is 34.8 Å². The molecule has 2 aromatic rings. The van der Waals surface area contributed by atoms with E-state index >= 15 is 0 Å². The Bertz CT molecular complexity index is 700. The zero-order valence-corrected chi connectivity index (χ0v) is 14.0.